The molecule has 0 heterocycles. The third-order valence-electron chi connectivity index (χ3n) is 2.08. The highest BCUT2D eigenvalue weighted by Crippen LogP contribution is 2.22. The van der Waals surface area contributed by atoms with Crippen molar-refractivity contribution in [3.63, 3.8) is 0 Å². The summed E-state index contributed by atoms with van der Waals surface area (Å²) in [6, 6.07) is 0. The lowest BCUT2D eigenvalue weighted by atomic mass is 9.92. The number of hydrogen-bond donors (Lipinski definition) is 1. The summed E-state index contributed by atoms with van der Waals surface area (Å²) in [6.45, 7) is 4.16. The second kappa shape index (κ2) is 4.15. The minimum Gasteiger partial charge on any atom is -0.402 e. The molecule has 1 heteroatoms. The van der Waals surface area contributed by atoms with Gasteiger partial charge in [-0.2, -0.15) is 0 Å². The van der Waals surface area contributed by atoms with Crippen molar-refractivity contribution >= 4 is 0 Å². The predicted molar refractivity (Wildman–Crippen MR) is 53.6 cm³/mol. The Hall–Kier alpha value is -0.980. The highest BCUT2D eigenvalue weighted by Gasteiger charge is 2.09. The van der Waals surface area contributed by atoms with Gasteiger partial charge < -0.3 is 5.73 Å². The van der Waals surface area contributed by atoms with Crippen LogP contribution in [-0.4, -0.2) is 0 Å². The van der Waals surface area contributed by atoms with Crippen LogP contribution in [0, 0.1) is 5.92 Å². The molecule has 0 aromatic rings. The second-order valence-corrected chi connectivity index (χ2v) is 3.40. The zero-order valence-corrected chi connectivity index (χ0v) is 7.88. The Kier molecular flexibility index (Phi) is 3.15. The Labute approximate surface area is 74.7 Å². The summed E-state index contributed by atoms with van der Waals surface area (Å²) < 4.78 is 0. The molecule has 1 rings (SSSR count). The molecule has 0 spiro atoms. The Morgan fingerprint density at radius 1 is 1.67 bits per heavy atom. The summed E-state index contributed by atoms with van der Waals surface area (Å²) in [5, 5.41) is 0. The second-order valence-electron chi connectivity index (χ2n) is 3.40. The Morgan fingerprint density at radius 3 is 3.00 bits per heavy atom. The molecule has 0 aromatic carbocycles. The van der Waals surface area contributed by atoms with Crippen LogP contribution >= 0.6 is 0 Å². The average molecular weight is 163 g/mol. The maximum absolute atomic E-state index is 5.78. The van der Waals surface area contributed by atoms with Gasteiger partial charge in [-0.1, -0.05) is 23.8 Å². The van der Waals surface area contributed by atoms with Gasteiger partial charge in [-0.05, 0) is 38.7 Å². The molecule has 1 unspecified atom stereocenters. The van der Waals surface area contributed by atoms with Gasteiger partial charge in [0.2, 0.25) is 0 Å². The van der Waals surface area contributed by atoms with E-state index in [-0.39, 0.29) is 0 Å². The van der Waals surface area contributed by atoms with Gasteiger partial charge in [0, 0.05) is 5.70 Å². The molecular formula is C11H17N. The van der Waals surface area contributed by atoms with Crippen molar-refractivity contribution in [3.05, 3.63) is 35.6 Å². The Balaban J connectivity index is 2.55. The lowest BCUT2D eigenvalue weighted by Crippen LogP contribution is -2.09. The van der Waals surface area contributed by atoms with Crippen molar-refractivity contribution in [3.8, 4) is 0 Å². The molecule has 0 radical (unpaired) electrons. The van der Waals surface area contributed by atoms with Gasteiger partial charge in [-0.15, -0.1) is 0 Å². The zero-order valence-electron chi connectivity index (χ0n) is 7.88. The van der Waals surface area contributed by atoms with Gasteiger partial charge in [0.05, 0.1) is 0 Å². The van der Waals surface area contributed by atoms with E-state index in [1.54, 1.807) is 0 Å². The third-order valence-corrected chi connectivity index (χ3v) is 2.08. The van der Waals surface area contributed by atoms with Crippen LogP contribution in [0.2, 0.25) is 0 Å². The van der Waals surface area contributed by atoms with Gasteiger partial charge in [-0.25, -0.2) is 0 Å². The summed E-state index contributed by atoms with van der Waals surface area (Å²) in [4.78, 5) is 0. The zero-order chi connectivity index (χ0) is 8.97. The minimum absolute atomic E-state index is 0.617. The van der Waals surface area contributed by atoms with E-state index in [1.807, 2.05) is 0 Å². The van der Waals surface area contributed by atoms with E-state index in [9.17, 15) is 0 Å². The van der Waals surface area contributed by atoms with Crippen LogP contribution in [0.5, 0.6) is 0 Å². The van der Waals surface area contributed by atoms with Crippen molar-refractivity contribution in [1.82, 2.24) is 0 Å². The van der Waals surface area contributed by atoms with Gasteiger partial charge >= 0.3 is 0 Å². The van der Waals surface area contributed by atoms with E-state index < -0.39 is 0 Å². The van der Waals surface area contributed by atoms with Crippen molar-refractivity contribution in [2.45, 2.75) is 26.7 Å². The molecule has 0 aliphatic heterocycles. The van der Waals surface area contributed by atoms with E-state index in [4.69, 9.17) is 5.73 Å². The summed E-state index contributed by atoms with van der Waals surface area (Å²) in [5.74, 6) is 0.617. The largest absolute Gasteiger partial charge is 0.402 e. The molecule has 2 N–H and O–H groups in total. The van der Waals surface area contributed by atoms with Crippen LogP contribution < -0.4 is 5.73 Å². The maximum Gasteiger partial charge on any atom is 0.00890 e. The quantitative estimate of drug-likeness (QED) is 0.622. The molecule has 1 aliphatic carbocycles. The van der Waals surface area contributed by atoms with Crippen molar-refractivity contribution < 1.29 is 0 Å². The molecule has 0 amide bonds. The number of rotatable bonds is 2. The lowest BCUT2D eigenvalue weighted by Gasteiger charge is -2.16. The minimum atomic E-state index is 0.617. The number of nitrogens with two attached hydrogens (primary N) is 1. The van der Waals surface area contributed by atoms with Crippen LogP contribution in [0.25, 0.3) is 0 Å². The van der Waals surface area contributed by atoms with Crippen molar-refractivity contribution in [2.24, 2.45) is 11.7 Å². The Bertz CT molecular complexity index is 233. The van der Waals surface area contributed by atoms with E-state index in [0.717, 1.165) is 18.5 Å². The van der Waals surface area contributed by atoms with E-state index in [0.29, 0.717) is 5.92 Å². The van der Waals surface area contributed by atoms with Crippen molar-refractivity contribution in [2.75, 3.05) is 0 Å². The van der Waals surface area contributed by atoms with E-state index in [1.165, 1.54) is 5.57 Å². The predicted octanol–water partition coefficient (Wildman–Crippen LogP) is 2.76. The molecule has 66 valence electrons. The van der Waals surface area contributed by atoms with Gasteiger partial charge in [0.15, 0.2) is 0 Å². The summed E-state index contributed by atoms with van der Waals surface area (Å²) in [5.41, 5.74) is 8.10. The molecule has 0 aromatic heterocycles. The highest BCUT2D eigenvalue weighted by atomic mass is 14.6. The molecule has 1 nitrogen and oxygen atoms in total. The topological polar surface area (TPSA) is 26.0 Å². The average Bonchev–Trinajstić information content (AvgIpc) is 1.99. The molecule has 0 saturated carbocycles. The van der Waals surface area contributed by atoms with Gasteiger partial charge in [0.1, 0.15) is 0 Å². The normalized spacial score (nSPS) is 24.0. The van der Waals surface area contributed by atoms with E-state index in [2.05, 4.69) is 38.2 Å². The maximum atomic E-state index is 5.78. The van der Waals surface area contributed by atoms with Crippen LogP contribution in [0.4, 0.5) is 0 Å². The summed E-state index contributed by atoms with van der Waals surface area (Å²) in [7, 11) is 0. The SMILES string of the molecule is CC=CCC1C=C(C)C=C(N)C1. The molecular weight excluding hydrogens is 146 g/mol. The number of allylic oxidation sites excluding steroid dienone is 6. The summed E-state index contributed by atoms with van der Waals surface area (Å²) in [6.07, 6.45) is 10.8. The van der Waals surface area contributed by atoms with Crippen LogP contribution in [0.3, 0.4) is 0 Å². The van der Waals surface area contributed by atoms with Gasteiger partial charge in [0.25, 0.3) is 0 Å². The Morgan fingerprint density at radius 2 is 2.42 bits per heavy atom. The fraction of sp³-hybridized carbons (Fsp3) is 0.455. The fourth-order valence-electron chi connectivity index (χ4n) is 1.60. The van der Waals surface area contributed by atoms with Crippen LogP contribution in [0.1, 0.15) is 26.7 Å². The molecule has 1 aliphatic rings. The number of hydrogen-bond acceptors (Lipinski definition) is 1. The van der Waals surface area contributed by atoms with Crippen LogP contribution in [-0.2, 0) is 0 Å². The van der Waals surface area contributed by atoms with Gasteiger partial charge in [-0.3, -0.25) is 0 Å². The first-order valence-corrected chi connectivity index (χ1v) is 4.48. The molecule has 0 bridgehead atoms. The third kappa shape index (κ3) is 2.57. The molecule has 1 atom stereocenters. The smallest absolute Gasteiger partial charge is 0.00890 e. The first kappa shape index (κ1) is 9.11. The van der Waals surface area contributed by atoms with Crippen molar-refractivity contribution in [1.29, 1.82) is 0 Å². The lowest BCUT2D eigenvalue weighted by molar-refractivity contribution is 0.636. The molecule has 0 fully saturated rings. The monoisotopic (exact) mass is 163 g/mol. The summed E-state index contributed by atoms with van der Waals surface area (Å²) >= 11 is 0. The molecule has 12 heavy (non-hydrogen) atoms. The standard InChI is InChI=1S/C11H17N/c1-3-4-5-10-6-9(2)7-11(12)8-10/h3-4,6-7,10H,5,8,12H2,1-2H3. The first-order chi connectivity index (χ1) is 5.72. The first-order valence-electron chi connectivity index (χ1n) is 4.48. The highest BCUT2D eigenvalue weighted by molar-refractivity contribution is 5.26. The van der Waals surface area contributed by atoms with Crippen LogP contribution in [0.15, 0.2) is 35.6 Å². The fourth-order valence-corrected chi connectivity index (χ4v) is 1.60. The molecule has 0 saturated heterocycles. The van der Waals surface area contributed by atoms with E-state index >= 15 is 0 Å².